The number of carbonyl (C=O) groups is 3. The average Bonchev–Trinajstić information content (AvgIpc) is 3.12. The van der Waals surface area contributed by atoms with Crippen LogP contribution in [0.25, 0.3) is 0 Å². The number of nitrogens with zero attached hydrogens (tertiary/aromatic N) is 2. The lowest BCUT2D eigenvalue weighted by atomic mass is 10.1. The molecule has 0 saturated heterocycles. The second kappa shape index (κ2) is 8.00. The molecule has 0 radical (unpaired) electrons. The number of nitrogens with one attached hydrogen (secondary N) is 1. The first-order chi connectivity index (χ1) is 12.2. The Bertz CT molecular complexity index is 874. The molecule has 140 valence electrons. The van der Waals surface area contributed by atoms with E-state index in [0.717, 1.165) is 21.5 Å². The van der Waals surface area contributed by atoms with Crippen molar-refractivity contribution in [1.82, 2.24) is 9.78 Å². The molecule has 1 unspecified atom stereocenters. The van der Waals surface area contributed by atoms with Crippen LogP contribution in [-0.2, 0) is 14.3 Å². The van der Waals surface area contributed by atoms with Gasteiger partial charge in [-0.15, -0.1) is 11.3 Å². The van der Waals surface area contributed by atoms with Crippen molar-refractivity contribution in [1.29, 1.82) is 0 Å². The Hall–Kier alpha value is -2.20. The fraction of sp³-hybridized carbons (Fsp3) is 0.375. The van der Waals surface area contributed by atoms with E-state index >= 15 is 0 Å². The predicted octanol–water partition coefficient (Wildman–Crippen LogP) is 3.10. The van der Waals surface area contributed by atoms with Gasteiger partial charge in [-0.2, -0.15) is 5.10 Å². The molecule has 0 aliphatic rings. The molecule has 10 heteroatoms. The highest BCUT2D eigenvalue weighted by molar-refractivity contribution is 9.10. The van der Waals surface area contributed by atoms with Gasteiger partial charge in [-0.05, 0) is 42.3 Å². The summed E-state index contributed by atoms with van der Waals surface area (Å²) in [6, 6.07) is -0.629. The summed E-state index contributed by atoms with van der Waals surface area (Å²) in [6.07, 6.45) is 1.60. The fourth-order valence-electron chi connectivity index (χ4n) is 2.36. The second-order valence-electron chi connectivity index (χ2n) is 5.43. The van der Waals surface area contributed by atoms with Crippen LogP contribution in [0.5, 0.6) is 0 Å². The molecule has 0 fully saturated rings. The minimum absolute atomic E-state index is 0.136. The van der Waals surface area contributed by atoms with Crippen molar-refractivity contribution in [3.63, 3.8) is 0 Å². The van der Waals surface area contributed by atoms with E-state index in [9.17, 15) is 14.4 Å². The van der Waals surface area contributed by atoms with Crippen LogP contribution in [0.15, 0.2) is 10.7 Å². The maximum atomic E-state index is 12.6. The van der Waals surface area contributed by atoms with E-state index in [1.807, 2.05) is 6.92 Å². The van der Waals surface area contributed by atoms with Crippen LogP contribution in [0.1, 0.15) is 44.3 Å². The van der Waals surface area contributed by atoms with Crippen LogP contribution in [0.2, 0.25) is 0 Å². The number of aromatic nitrogens is 2. The largest absolute Gasteiger partial charge is 0.465 e. The van der Waals surface area contributed by atoms with Crippen molar-refractivity contribution in [2.75, 3.05) is 19.5 Å². The molecule has 1 atom stereocenters. The maximum Gasteiger partial charge on any atom is 0.348 e. The number of amides is 1. The lowest BCUT2D eigenvalue weighted by Crippen LogP contribution is -2.25. The van der Waals surface area contributed by atoms with Crippen LogP contribution in [-0.4, -0.2) is 41.8 Å². The number of hydrogen-bond donors (Lipinski definition) is 1. The summed E-state index contributed by atoms with van der Waals surface area (Å²) in [5, 5.41) is 7.09. The van der Waals surface area contributed by atoms with Crippen LogP contribution < -0.4 is 5.32 Å². The number of carbonyl (C=O) groups excluding carboxylic acids is 3. The van der Waals surface area contributed by atoms with Crippen molar-refractivity contribution in [2.24, 2.45) is 0 Å². The van der Waals surface area contributed by atoms with E-state index in [-0.39, 0.29) is 21.3 Å². The van der Waals surface area contributed by atoms with Gasteiger partial charge in [-0.1, -0.05) is 0 Å². The molecule has 0 saturated carbocycles. The summed E-state index contributed by atoms with van der Waals surface area (Å²) >= 11 is 4.32. The Labute approximate surface area is 162 Å². The fourth-order valence-corrected chi connectivity index (χ4v) is 3.75. The zero-order valence-corrected chi connectivity index (χ0v) is 17.3. The third kappa shape index (κ3) is 3.65. The van der Waals surface area contributed by atoms with Gasteiger partial charge in [0.1, 0.15) is 15.9 Å². The molecule has 8 nitrogen and oxygen atoms in total. The van der Waals surface area contributed by atoms with Crippen molar-refractivity contribution in [2.45, 2.75) is 26.8 Å². The monoisotopic (exact) mass is 443 g/mol. The lowest BCUT2D eigenvalue weighted by molar-refractivity contribution is -0.119. The molecule has 0 bridgehead atoms. The molecular formula is C16H18BrN3O5S. The number of anilines is 1. The molecule has 26 heavy (non-hydrogen) atoms. The van der Waals surface area contributed by atoms with Gasteiger partial charge in [-0.25, -0.2) is 9.59 Å². The van der Waals surface area contributed by atoms with Gasteiger partial charge < -0.3 is 14.8 Å². The summed E-state index contributed by atoms with van der Waals surface area (Å²) in [6.45, 7) is 5.11. The third-order valence-electron chi connectivity index (χ3n) is 3.87. The van der Waals surface area contributed by atoms with Crippen LogP contribution in [0.4, 0.5) is 5.00 Å². The standard InChI is InChI=1S/C16H18BrN3O5S/c1-7-11(15(22)24-4)14(26-12(7)16(23)25-5)19-13(21)9(3)20-8(2)10(17)6-18-20/h6,9H,1-5H3,(H,19,21). The third-order valence-corrected chi connectivity index (χ3v) is 5.84. The average molecular weight is 444 g/mol. The molecule has 2 aromatic rings. The summed E-state index contributed by atoms with van der Waals surface area (Å²) in [5.74, 6) is -1.61. The molecule has 1 amide bonds. The predicted molar refractivity (Wildman–Crippen MR) is 99.7 cm³/mol. The molecule has 2 heterocycles. The zero-order valence-electron chi connectivity index (χ0n) is 14.9. The molecule has 2 aromatic heterocycles. The number of ether oxygens (including phenoxy) is 2. The topological polar surface area (TPSA) is 99.5 Å². The first-order valence-corrected chi connectivity index (χ1v) is 9.14. The number of thiophene rings is 1. The van der Waals surface area contributed by atoms with E-state index in [2.05, 4.69) is 26.3 Å². The van der Waals surface area contributed by atoms with Gasteiger partial charge >= 0.3 is 11.9 Å². The van der Waals surface area contributed by atoms with Crippen LogP contribution in [0.3, 0.4) is 0 Å². The minimum atomic E-state index is -0.644. The number of hydrogen-bond acceptors (Lipinski definition) is 7. The minimum Gasteiger partial charge on any atom is -0.465 e. The van der Waals surface area contributed by atoms with Gasteiger partial charge in [0.05, 0.1) is 36.1 Å². The number of methoxy groups -OCH3 is 2. The van der Waals surface area contributed by atoms with Crippen molar-refractivity contribution in [3.8, 4) is 0 Å². The Balaban J connectivity index is 2.38. The van der Waals surface area contributed by atoms with E-state index < -0.39 is 18.0 Å². The van der Waals surface area contributed by atoms with E-state index in [1.165, 1.54) is 14.2 Å². The smallest absolute Gasteiger partial charge is 0.348 e. The first kappa shape index (κ1) is 20.1. The first-order valence-electron chi connectivity index (χ1n) is 7.53. The summed E-state index contributed by atoms with van der Waals surface area (Å²) in [5.41, 5.74) is 1.32. The van der Waals surface area contributed by atoms with Crippen LogP contribution >= 0.6 is 27.3 Å². The maximum absolute atomic E-state index is 12.6. The van der Waals surface area contributed by atoms with Crippen LogP contribution in [0, 0.1) is 13.8 Å². The highest BCUT2D eigenvalue weighted by atomic mass is 79.9. The second-order valence-corrected chi connectivity index (χ2v) is 7.31. The quantitative estimate of drug-likeness (QED) is 0.712. The van der Waals surface area contributed by atoms with Crippen molar-refractivity contribution < 1.29 is 23.9 Å². The molecule has 2 rings (SSSR count). The lowest BCUT2D eigenvalue weighted by Gasteiger charge is -2.14. The molecule has 1 N–H and O–H groups in total. The van der Waals surface area contributed by atoms with Gasteiger partial charge in [-0.3, -0.25) is 9.48 Å². The molecule has 0 spiro atoms. The number of halogens is 1. The van der Waals surface area contributed by atoms with Crippen molar-refractivity contribution >= 4 is 50.1 Å². The highest BCUT2D eigenvalue weighted by Gasteiger charge is 2.28. The van der Waals surface area contributed by atoms with E-state index in [1.54, 1.807) is 24.7 Å². The van der Waals surface area contributed by atoms with Gasteiger partial charge in [0.2, 0.25) is 5.91 Å². The normalized spacial score (nSPS) is 11.8. The van der Waals surface area contributed by atoms with E-state index in [0.29, 0.717) is 5.56 Å². The Morgan fingerprint density at radius 1 is 1.23 bits per heavy atom. The Morgan fingerprint density at radius 3 is 2.35 bits per heavy atom. The summed E-state index contributed by atoms with van der Waals surface area (Å²) in [4.78, 5) is 36.9. The summed E-state index contributed by atoms with van der Waals surface area (Å²) < 4.78 is 11.8. The zero-order chi connectivity index (χ0) is 19.6. The molecular weight excluding hydrogens is 426 g/mol. The number of rotatable bonds is 5. The molecule has 0 aliphatic heterocycles. The molecule has 0 aliphatic carbocycles. The van der Waals surface area contributed by atoms with Gasteiger partial charge in [0.15, 0.2) is 0 Å². The van der Waals surface area contributed by atoms with Crippen molar-refractivity contribution in [3.05, 3.63) is 32.4 Å². The van der Waals surface area contributed by atoms with E-state index in [4.69, 9.17) is 9.47 Å². The Morgan fingerprint density at radius 2 is 1.85 bits per heavy atom. The molecule has 0 aromatic carbocycles. The number of esters is 2. The van der Waals surface area contributed by atoms with Gasteiger partial charge in [0, 0.05) is 0 Å². The van der Waals surface area contributed by atoms with Gasteiger partial charge in [0.25, 0.3) is 0 Å². The summed E-state index contributed by atoms with van der Waals surface area (Å²) in [7, 11) is 2.48. The highest BCUT2D eigenvalue weighted by Crippen LogP contribution is 2.34. The SMILES string of the molecule is COC(=O)c1sc(NC(=O)C(C)n2ncc(Br)c2C)c(C(=O)OC)c1C. The Kier molecular flexibility index (Phi) is 6.19.